The van der Waals surface area contributed by atoms with Crippen molar-refractivity contribution in [3.63, 3.8) is 0 Å². The second-order valence-corrected chi connectivity index (χ2v) is 13.7. The van der Waals surface area contributed by atoms with E-state index in [2.05, 4.69) is 51.9 Å². The highest BCUT2D eigenvalue weighted by molar-refractivity contribution is 8.21. The summed E-state index contributed by atoms with van der Waals surface area (Å²) in [6.45, 7) is 13.9. The van der Waals surface area contributed by atoms with Gasteiger partial charge in [0.15, 0.2) is 0 Å². The molecule has 1 fully saturated rings. The first kappa shape index (κ1) is 13.5. The highest BCUT2D eigenvalue weighted by atomic mass is 32.2. The zero-order valence-electron chi connectivity index (χ0n) is 10.7. The fourth-order valence-electron chi connectivity index (χ4n) is 1.37. The first-order valence-corrected chi connectivity index (χ1v) is 11.0. The average molecular weight is 259 g/mol. The zero-order valence-corrected chi connectivity index (χ0v) is 13.4. The maximum atomic E-state index is 3.61. The van der Waals surface area contributed by atoms with E-state index in [0.717, 1.165) is 0 Å². The van der Waals surface area contributed by atoms with Gasteiger partial charge in [-0.05, 0) is 5.41 Å². The molecule has 0 radical (unpaired) electrons. The molecule has 0 saturated carbocycles. The third-order valence-corrected chi connectivity index (χ3v) is 7.18. The Hall–Kier alpha value is 0.477. The maximum absolute atomic E-state index is 3.61. The van der Waals surface area contributed by atoms with E-state index >= 15 is 0 Å². The second kappa shape index (κ2) is 4.39. The molecule has 0 spiro atoms. The van der Waals surface area contributed by atoms with Gasteiger partial charge >= 0.3 is 0 Å². The van der Waals surface area contributed by atoms with Crippen molar-refractivity contribution in [2.45, 2.75) is 44.5 Å². The van der Waals surface area contributed by atoms with Crippen LogP contribution in [0.1, 0.15) is 20.8 Å². The predicted molar refractivity (Wildman–Crippen MR) is 78.2 cm³/mol. The molecule has 0 nitrogen and oxygen atoms in total. The maximum Gasteiger partial charge on any atom is 0.129 e. The molecular weight excluding hydrogens is 236 g/mol. The molecule has 15 heavy (non-hydrogen) atoms. The van der Waals surface area contributed by atoms with Crippen LogP contribution >= 0.6 is 23.5 Å². The fraction of sp³-hybridized carbons (Fsp3) is 0.833. The first-order chi connectivity index (χ1) is 6.66. The Morgan fingerprint density at radius 3 is 1.87 bits per heavy atom. The molecule has 0 aromatic rings. The van der Waals surface area contributed by atoms with Crippen LogP contribution in [0.15, 0.2) is 0 Å². The summed E-state index contributed by atoms with van der Waals surface area (Å²) in [7, 11) is -1.24. The van der Waals surface area contributed by atoms with Gasteiger partial charge in [0.25, 0.3) is 0 Å². The monoisotopic (exact) mass is 258 g/mol. The van der Waals surface area contributed by atoms with Crippen LogP contribution in [0.3, 0.4) is 0 Å². The number of hydrogen-bond acceptors (Lipinski definition) is 2. The van der Waals surface area contributed by atoms with Gasteiger partial charge in [-0.25, -0.2) is 0 Å². The van der Waals surface area contributed by atoms with Gasteiger partial charge in [-0.2, -0.15) is 0 Å². The fourth-order valence-corrected chi connectivity index (χ4v) is 5.31. The Bertz CT molecular complexity index is 279. The van der Waals surface area contributed by atoms with Crippen molar-refractivity contribution >= 4 is 31.6 Å². The van der Waals surface area contributed by atoms with Crippen LogP contribution in [0.4, 0.5) is 0 Å². The van der Waals surface area contributed by atoms with Crippen molar-refractivity contribution in [1.29, 1.82) is 0 Å². The lowest BCUT2D eigenvalue weighted by Crippen LogP contribution is -2.34. The molecular formula is C12H22S2Si. The summed E-state index contributed by atoms with van der Waals surface area (Å²) in [5.74, 6) is 6.12. The number of thioether (sulfide) groups is 2. The van der Waals surface area contributed by atoms with Gasteiger partial charge < -0.3 is 0 Å². The molecule has 0 unspecified atom stereocenters. The lowest BCUT2D eigenvalue weighted by molar-refractivity contribution is 0.418. The smallest absolute Gasteiger partial charge is 0.129 e. The molecule has 0 aliphatic carbocycles. The van der Waals surface area contributed by atoms with Crippen LogP contribution in [-0.2, 0) is 0 Å². The van der Waals surface area contributed by atoms with E-state index in [0.29, 0.717) is 0 Å². The third-order valence-electron chi connectivity index (χ3n) is 2.28. The molecule has 1 aliphatic rings. The van der Waals surface area contributed by atoms with E-state index in [1.807, 2.05) is 23.5 Å². The van der Waals surface area contributed by atoms with Crippen molar-refractivity contribution < 1.29 is 0 Å². The van der Waals surface area contributed by atoms with Crippen LogP contribution in [0, 0.1) is 16.9 Å². The Balaban J connectivity index is 2.97. The number of rotatable bonds is 0. The Labute approximate surface area is 104 Å². The van der Waals surface area contributed by atoms with Crippen LogP contribution in [0.25, 0.3) is 0 Å². The van der Waals surface area contributed by atoms with Crippen LogP contribution < -0.4 is 0 Å². The van der Waals surface area contributed by atoms with E-state index < -0.39 is 8.07 Å². The van der Waals surface area contributed by atoms with Gasteiger partial charge in [0.1, 0.15) is 12.2 Å². The van der Waals surface area contributed by atoms with Gasteiger partial charge in [0.05, 0.1) is 0 Å². The van der Waals surface area contributed by atoms with Crippen molar-refractivity contribution in [1.82, 2.24) is 0 Å². The summed E-state index contributed by atoms with van der Waals surface area (Å²) in [6.07, 6.45) is 0. The highest BCUT2D eigenvalue weighted by Gasteiger charge is 2.44. The lowest BCUT2D eigenvalue weighted by Gasteiger charge is -2.35. The van der Waals surface area contributed by atoms with Crippen molar-refractivity contribution in [3.8, 4) is 11.5 Å². The molecule has 0 atom stereocenters. The van der Waals surface area contributed by atoms with Gasteiger partial charge in [-0.15, -0.1) is 29.1 Å². The molecule has 0 aromatic carbocycles. The largest absolute Gasteiger partial charge is 0.130 e. The quantitative estimate of drug-likeness (QED) is 0.474. The van der Waals surface area contributed by atoms with Gasteiger partial charge in [0, 0.05) is 11.5 Å². The molecule has 0 bridgehead atoms. The molecule has 1 aliphatic heterocycles. The van der Waals surface area contributed by atoms with Crippen molar-refractivity contribution in [2.24, 2.45) is 5.41 Å². The predicted octanol–water partition coefficient (Wildman–Crippen LogP) is 4.09. The Morgan fingerprint density at radius 2 is 1.53 bits per heavy atom. The normalized spacial score (nSPS) is 20.9. The molecule has 0 aromatic heterocycles. The summed E-state index contributed by atoms with van der Waals surface area (Å²) >= 11 is 4.10. The summed E-state index contributed by atoms with van der Waals surface area (Å²) in [6, 6.07) is 0. The lowest BCUT2D eigenvalue weighted by atomic mass is 9.91. The van der Waals surface area contributed by atoms with E-state index in [4.69, 9.17) is 0 Å². The van der Waals surface area contributed by atoms with Crippen molar-refractivity contribution in [2.75, 3.05) is 11.5 Å². The standard InChI is InChI=1S/C12H22S2Si/c1-11(2,3)12(13-8-9-14-12)7-10-15(4,5)6/h8-9H2,1-6H3. The summed E-state index contributed by atoms with van der Waals surface area (Å²) < 4.78 is 0.146. The average Bonchev–Trinajstić information content (AvgIpc) is 2.46. The molecule has 1 rings (SSSR count). The number of hydrogen-bond donors (Lipinski definition) is 0. The van der Waals surface area contributed by atoms with Crippen LogP contribution in [-0.4, -0.2) is 23.7 Å². The van der Waals surface area contributed by atoms with E-state index in [9.17, 15) is 0 Å². The van der Waals surface area contributed by atoms with Crippen LogP contribution in [0.5, 0.6) is 0 Å². The van der Waals surface area contributed by atoms with E-state index in [-0.39, 0.29) is 9.49 Å². The minimum Gasteiger partial charge on any atom is -0.130 e. The van der Waals surface area contributed by atoms with E-state index in [1.54, 1.807) is 0 Å². The van der Waals surface area contributed by atoms with E-state index in [1.165, 1.54) is 11.5 Å². The molecule has 0 amide bonds. The van der Waals surface area contributed by atoms with Gasteiger partial charge in [-0.1, -0.05) is 46.3 Å². The topological polar surface area (TPSA) is 0 Å². The second-order valence-electron chi connectivity index (χ2n) is 6.06. The summed E-state index contributed by atoms with van der Waals surface area (Å²) in [5.41, 5.74) is 3.83. The minimum atomic E-state index is -1.24. The first-order valence-electron chi connectivity index (χ1n) is 5.49. The Kier molecular flexibility index (Phi) is 3.96. The summed E-state index contributed by atoms with van der Waals surface area (Å²) in [4.78, 5) is 0. The zero-order chi connectivity index (χ0) is 11.7. The Morgan fingerprint density at radius 1 is 1.07 bits per heavy atom. The van der Waals surface area contributed by atoms with Gasteiger partial charge in [0.2, 0.25) is 0 Å². The third kappa shape index (κ3) is 3.47. The summed E-state index contributed by atoms with van der Waals surface area (Å²) in [5, 5.41) is 0. The highest BCUT2D eigenvalue weighted by Crippen LogP contribution is 2.54. The minimum absolute atomic E-state index is 0.146. The SMILES string of the molecule is CC(C)(C)C1(C#C[Si](C)(C)C)SCCS1. The van der Waals surface area contributed by atoms with Gasteiger partial charge in [-0.3, -0.25) is 0 Å². The molecule has 86 valence electrons. The molecule has 1 saturated heterocycles. The molecule has 1 heterocycles. The van der Waals surface area contributed by atoms with Crippen molar-refractivity contribution in [3.05, 3.63) is 0 Å². The van der Waals surface area contributed by atoms with Crippen LogP contribution in [0.2, 0.25) is 19.6 Å². The molecule has 3 heteroatoms. The molecule has 0 N–H and O–H groups in total.